The lowest BCUT2D eigenvalue weighted by molar-refractivity contribution is 0.250. The molecule has 3 N–H and O–H groups in total. The summed E-state index contributed by atoms with van der Waals surface area (Å²) in [4.78, 5) is 11.8. The van der Waals surface area contributed by atoms with Gasteiger partial charge in [-0.15, -0.1) is 0 Å². The number of hydrogen-bond acceptors (Lipinski definition) is 3. The Labute approximate surface area is 159 Å². The van der Waals surface area contributed by atoms with Crippen LogP contribution in [0.4, 0.5) is 10.5 Å². The van der Waals surface area contributed by atoms with Gasteiger partial charge < -0.3 is 10.6 Å². The molecule has 26 heavy (non-hydrogen) atoms. The fraction of sp³-hybridized carbons (Fsp3) is 0.278. The molecular formula is C18H22ClN3O3S. The third-order valence-electron chi connectivity index (χ3n) is 3.55. The average molecular weight is 396 g/mol. The Hall–Kier alpha value is -2.09. The zero-order valence-electron chi connectivity index (χ0n) is 14.8. The Bertz CT molecular complexity index is 881. The highest BCUT2D eigenvalue weighted by Gasteiger charge is 2.14. The Kier molecular flexibility index (Phi) is 6.63. The number of carbonyl (C=O) groups excluding carboxylic acids is 1. The van der Waals surface area contributed by atoms with Crippen LogP contribution >= 0.6 is 11.6 Å². The quantitative estimate of drug-likeness (QED) is 0.697. The van der Waals surface area contributed by atoms with E-state index < -0.39 is 10.0 Å². The molecule has 0 radical (unpaired) electrons. The number of sulfonamides is 1. The summed E-state index contributed by atoms with van der Waals surface area (Å²) in [7, 11) is -3.65. The normalized spacial score (nSPS) is 11.4. The van der Waals surface area contributed by atoms with Crippen molar-refractivity contribution in [2.45, 2.75) is 38.3 Å². The van der Waals surface area contributed by atoms with E-state index in [-0.39, 0.29) is 23.5 Å². The number of rotatable bonds is 6. The first kappa shape index (κ1) is 20.2. The van der Waals surface area contributed by atoms with Crippen molar-refractivity contribution in [2.75, 3.05) is 5.32 Å². The number of anilines is 1. The molecule has 0 aliphatic carbocycles. The van der Waals surface area contributed by atoms with Gasteiger partial charge in [-0.25, -0.2) is 17.9 Å². The molecule has 0 aliphatic heterocycles. The van der Waals surface area contributed by atoms with E-state index in [1.165, 1.54) is 12.1 Å². The third kappa shape index (κ3) is 5.72. The molecule has 0 atom stereocenters. The van der Waals surface area contributed by atoms with Crippen LogP contribution in [0.1, 0.15) is 25.0 Å². The van der Waals surface area contributed by atoms with Gasteiger partial charge in [-0.3, -0.25) is 0 Å². The first-order valence-electron chi connectivity index (χ1n) is 8.09. The predicted molar refractivity (Wildman–Crippen MR) is 104 cm³/mol. The van der Waals surface area contributed by atoms with Gasteiger partial charge in [0.05, 0.1) is 4.90 Å². The van der Waals surface area contributed by atoms with Gasteiger partial charge in [0.2, 0.25) is 10.0 Å². The maximum Gasteiger partial charge on any atom is 0.319 e. The van der Waals surface area contributed by atoms with Gasteiger partial charge in [0.1, 0.15) is 0 Å². The summed E-state index contributed by atoms with van der Waals surface area (Å²) in [5, 5.41) is 5.84. The van der Waals surface area contributed by atoms with Crippen LogP contribution in [0.3, 0.4) is 0 Å². The van der Waals surface area contributed by atoms with E-state index in [1.54, 1.807) is 30.3 Å². The fourth-order valence-electron chi connectivity index (χ4n) is 2.14. The molecular weight excluding hydrogens is 374 g/mol. The molecule has 0 aromatic heterocycles. The Morgan fingerprint density at radius 1 is 1.12 bits per heavy atom. The summed E-state index contributed by atoms with van der Waals surface area (Å²) in [6.07, 6.45) is 0. The highest BCUT2D eigenvalue weighted by Crippen LogP contribution is 2.20. The molecule has 0 unspecified atom stereocenters. The van der Waals surface area contributed by atoms with Crippen molar-refractivity contribution in [2.24, 2.45) is 0 Å². The van der Waals surface area contributed by atoms with Gasteiger partial charge in [0.25, 0.3) is 0 Å². The van der Waals surface area contributed by atoms with Crippen LogP contribution in [-0.4, -0.2) is 20.5 Å². The largest absolute Gasteiger partial charge is 0.336 e. The summed E-state index contributed by atoms with van der Waals surface area (Å²) < 4.78 is 27.2. The van der Waals surface area contributed by atoms with Crippen molar-refractivity contribution < 1.29 is 13.2 Å². The number of carbonyl (C=O) groups is 1. The maximum absolute atomic E-state index is 12.3. The van der Waals surface area contributed by atoms with Crippen molar-refractivity contribution in [1.82, 2.24) is 10.0 Å². The average Bonchev–Trinajstić information content (AvgIpc) is 2.56. The van der Waals surface area contributed by atoms with Crippen LogP contribution in [0.25, 0.3) is 0 Å². The van der Waals surface area contributed by atoms with Crippen molar-refractivity contribution in [3.63, 3.8) is 0 Å². The van der Waals surface area contributed by atoms with Crippen LogP contribution in [0, 0.1) is 6.92 Å². The molecule has 0 saturated heterocycles. The molecule has 0 fully saturated rings. The number of urea groups is 1. The second-order valence-corrected chi connectivity index (χ2v) is 8.36. The van der Waals surface area contributed by atoms with Crippen LogP contribution < -0.4 is 15.4 Å². The summed E-state index contributed by atoms with van der Waals surface area (Å²) in [5.41, 5.74) is 2.21. The lowest BCUT2D eigenvalue weighted by Gasteiger charge is -2.11. The second kappa shape index (κ2) is 8.53. The molecule has 2 aromatic rings. The number of hydrogen-bond donors (Lipinski definition) is 3. The van der Waals surface area contributed by atoms with Crippen molar-refractivity contribution in [1.29, 1.82) is 0 Å². The molecule has 140 valence electrons. The number of halogens is 1. The van der Waals surface area contributed by atoms with E-state index in [2.05, 4.69) is 15.4 Å². The van der Waals surface area contributed by atoms with Crippen molar-refractivity contribution in [3.8, 4) is 0 Å². The monoisotopic (exact) mass is 395 g/mol. The first-order chi connectivity index (χ1) is 12.2. The molecule has 0 heterocycles. The van der Waals surface area contributed by atoms with Crippen molar-refractivity contribution in [3.05, 3.63) is 58.6 Å². The maximum atomic E-state index is 12.3. The molecule has 2 aromatic carbocycles. The Balaban J connectivity index is 1.98. The summed E-state index contributed by atoms with van der Waals surface area (Å²) >= 11 is 6.00. The molecule has 0 aliphatic rings. The molecule has 8 heteroatoms. The third-order valence-corrected chi connectivity index (χ3v) is 5.36. The van der Waals surface area contributed by atoms with E-state index in [9.17, 15) is 13.2 Å². The van der Waals surface area contributed by atoms with Crippen LogP contribution in [0.2, 0.25) is 5.02 Å². The summed E-state index contributed by atoms with van der Waals surface area (Å²) in [6, 6.07) is 11.3. The van der Waals surface area contributed by atoms with Gasteiger partial charge >= 0.3 is 6.03 Å². The molecule has 0 saturated carbocycles. The smallest absolute Gasteiger partial charge is 0.319 e. The molecule has 2 rings (SSSR count). The summed E-state index contributed by atoms with van der Waals surface area (Å²) in [6.45, 7) is 5.68. The number of benzene rings is 2. The lowest BCUT2D eigenvalue weighted by Crippen LogP contribution is -2.34. The van der Waals surface area contributed by atoms with Gasteiger partial charge in [-0.05, 0) is 56.2 Å². The summed E-state index contributed by atoms with van der Waals surface area (Å²) in [5.74, 6) is 0. The Morgan fingerprint density at radius 2 is 1.77 bits per heavy atom. The van der Waals surface area contributed by atoms with E-state index in [4.69, 9.17) is 11.6 Å². The van der Waals surface area contributed by atoms with Gasteiger partial charge in [0.15, 0.2) is 0 Å². The minimum Gasteiger partial charge on any atom is -0.336 e. The second-order valence-electron chi connectivity index (χ2n) is 6.19. The predicted octanol–water partition coefficient (Wildman–Crippen LogP) is 3.66. The number of amides is 2. The zero-order chi connectivity index (χ0) is 19.3. The molecule has 0 spiro atoms. The van der Waals surface area contributed by atoms with Crippen LogP contribution in [0.15, 0.2) is 47.4 Å². The minimum absolute atomic E-state index is 0.0407. The zero-order valence-corrected chi connectivity index (χ0v) is 16.4. The lowest BCUT2D eigenvalue weighted by atomic mass is 10.2. The van der Waals surface area contributed by atoms with Crippen LogP contribution in [0.5, 0.6) is 0 Å². The van der Waals surface area contributed by atoms with Gasteiger partial charge in [-0.2, -0.15) is 0 Å². The van der Waals surface area contributed by atoms with E-state index in [0.29, 0.717) is 10.7 Å². The van der Waals surface area contributed by atoms with Gasteiger partial charge in [0, 0.05) is 23.3 Å². The molecule has 0 bridgehead atoms. The van der Waals surface area contributed by atoms with Gasteiger partial charge in [-0.1, -0.05) is 29.8 Å². The highest BCUT2D eigenvalue weighted by atomic mass is 35.5. The Morgan fingerprint density at radius 3 is 2.35 bits per heavy atom. The molecule has 2 amide bonds. The topological polar surface area (TPSA) is 87.3 Å². The number of nitrogens with one attached hydrogen (secondary N) is 3. The van der Waals surface area contributed by atoms with E-state index in [0.717, 1.165) is 11.1 Å². The first-order valence-corrected chi connectivity index (χ1v) is 9.96. The van der Waals surface area contributed by atoms with E-state index >= 15 is 0 Å². The standard InChI is InChI=1S/C18H22ClN3O3S/c1-12(2)21-18(23)22-15-7-5-14(6-8-15)11-20-26(24,25)16-9-4-13(3)17(19)10-16/h4-10,12,20H,11H2,1-3H3,(H2,21,22,23). The van der Waals surface area contributed by atoms with Crippen LogP contribution in [-0.2, 0) is 16.6 Å². The van der Waals surface area contributed by atoms with Crippen molar-refractivity contribution >= 4 is 33.3 Å². The SMILES string of the molecule is Cc1ccc(S(=O)(=O)NCc2ccc(NC(=O)NC(C)C)cc2)cc1Cl. The highest BCUT2D eigenvalue weighted by molar-refractivity contribution is 7.89. The number of aryl methyl sites for hydroxylation is 1. The molecule has 6 nitrogen and oxygen atoms in total. The van der Waals surface area contributed by atoms with E-state index in [1.807, 2.05) is 20.8 Å². The minimum atomic E-state index is -3.65. The fourth-order valence-corrected chi connectivity index (χ4v) is 3.43.